The number of aryl methyl sites for hydroxylation is 1. The van der Waals surface area contributed by atoms with Crippen LogP contribution in [0.2, 0.25) is 10.0 Å². The summed E-state index contributed by atoms with van der Waals surface area (Å²) in [6.45, 7) is 2.25. The molecule has 0 aromatic heterocycles. The van der Waals surface area contributed by atoms with Crippen molar-refractivity contribution in [2.45, 2.75) is 31.2 Å². The van der Waals surface area contributed by atoms with Gasteiger partial charge in [0, 0.05) is 6.54 Å². The summed E-state index contributed by atoms with van der Waals surface area (Å²) in [5.41, 5.74) is 1.88. The molecule has 0 radical (unpaired) electrons. The van der Waals surface area contributed by atoms with E-state index in [9.17, 15) is 8.42 Å². The molecule has 0 aliphatic rings. The highest BCUT2D eigenvalue weighted by molar-refractivity contribution is 7.89. The van der Waals surface area contributed by atoms with Crippen molar-refractivity contribution in [2.24, 2.45) is 0 Å². The molecule has 2 aromatic carbocycles. The number of rotatable bonds is 6. The average Bonchev–Trinajstić information content (AvgIpc) is 2.49. The quantitative estimate of drug-likeness (QED) is 0.831. The summed E-state index contributed by atoms with van der Waals surface area (Å²) in [5, 5.41) is 0.849. The van der Waals surface area contributed by atoms with Crippen LogP contribution in [0, 0.1) is 0 Å². The van der Waals surface area contributed by atoms with Gasteiger partial charge in [0.05, 0.1) is 14.9 Å². The van der Waals surface area contributed by atoms with E-state index in [4.69, 9.17) is 23.2 Å². The Bertz CT molecular complexity index is 743. The summed E-state index contributed by atoms with van der Waals surface area (Å²) in [4.78, 5) is 0.257. The number of halogens is 2. The van der Waals surface area contributed by atoms with Crippen LogP contribution in [0.5, 0.6) is 0 Å². The topological polar surface area (TPSA) is 46.2 Å². The molecule has 0 aliphatic heterocycles. The van der Waals surface area contributed by atoms with Crippen LogP contribution in [0.1, 0.15) is 24.5 Å². The van der Waals surface area contributed by atoms with E-state index in [0.717, 1.165) is 24.0 Å². The molecule has 0 saturated carbocycles. The van der Waals surface area contributed by atoms with Crippen molar-refractivity contribution in [3.63, 3.8) is 0 Å². The standard InChI is InChI=1S/C16H17Cl2NO2S/c1-2-3-12-4-7-14(8-5-12)22(20,21)19-11-13-6-9-15(17)16(18)10-13/h4-10,19H,2-3,11H2,1H3. The normalized spacial score (nSPS) is 11.6. The van der Waals surface area contributed by atoms with Gasteiger partial charge in [0.25, 0.3) is 0 Å². The van der Waals surface area contributed by atoms with Gasteiger partial charge in [-0.05, 0) is 41.8 Å². The van der Waals surface area contributed by atoms with Crippen molar-refractivity contribution >= 4 is 33.2 Å². The summed E-state index contributed by atoms with van der Waals surface area (Å²) < 4.78 is 27.1. The van der Waals surface area contributed by atoms with Crippen LogP contribution in [0.15, 0.2) is 47.4 Å². The van der Waals surface area contributed by atoms with Crippen molar-refractivity contribution in [3.8, 4) is 0 Å². The Kier molecular flexibility index (Phi) is 5.87. The second kappa shape index (κ2) is 7.47. The van der Waals surface area contributed by atoms with Crippen LogP contribution in [0.25, 0.3) is 0 Å². The predicted octanol–water partition coefficient (Wildman–Crippen LogP) is 4.42. The Balaban J connectivity index is 2.08. The monoisotopic (exact) mass is 357 g/mol. The molecule has 0 aliphatic carbocycles. The fourth-order valence-corrected chi connectivity index (χ4v) is 3.37. The minimum Gasteiger partial charge on any atom is -0.207 e. The minimum atomic E-state index is -3.54. The van der Waals surface area contributed by atoms with Crippen molar-refractivity contribution in [3.05, 3.63) is 63.6 Å². The van der Waals surface area contributed by atoms with Gasteiger partial charge in [0.2, 0.25) is 10.0 Å². The summed E-state index contributed by atoms with van der Waals surface area (Å²) in [6, 6.07) is 12.0. The second-order valence-electron chi connectivity index (χ2n) is 4.97. The minimum absolute atomic E-state index is 0.163. The molecular formula is C16H17Cl2NO2S. The average molecular weight is 358 g/mol. The van der Waals surface area contributed by atoms with Gasteiger partial charge in [0.15, 0.2) is 0 Å². The van der Waals surface area contributed by atoms with Crippen molar-refractivity contribution in [1.29, 1.82) is 0 Å². The van der Waals surface area contributed by atoms with Crippen molar-refractivity contribution in [1.82, 2.24) is 4.72 Å². The van der Waals surface area contributed by atoms with Gasteiger partial charge in [-0.15, -0.1) is 0 Å². The molecule has 3 nitrogen and oxygen atoms in total. The molecule has 118 valence electrons. The third-order valence-corrected chi connectivity index (χ3v) is 5.38. The molecule has 6 heteroatoms. The molecule has 0 saturated heterocycles. The molecule has 1 N–H and O–H groups in total. The SMILES string of the molecule is CCCc1ccc(S(=O)(=O)NCc2ccc(Cl)c(Cl)c2)cc1. The van der Waals surface area contributed by atoms with Crippen LogP contribution in [-0.4, -0.2) is 8.42 Å². The highest BCUT2D eigenvalue weighted by Gasteiger charge is 2.13. The lowest BCUT2D eigenvalue weighted by Gasteiger charge is -2.08. The zero-order valence-electron chi connectivity index (χ0n) is 12.1. The predicted molar refractivity (Wildman–Crippen MR) is 90.9 cm³/mol. The summed E-state index contributed by atoms with van der Waals surface area (Å²) in [7, 11) is -3.54. The molecule has 2 rings (SSSR count). The molecule has 0 fully saturated rings. The van der Waals surface area contributed by atoms with E-state index in [2.05, 4.69) is 11.6 Å². The van der Waals surface area contributed by atoms with Crippen LogP contribution in [0.4, 0.5) is 0 Å². The van der Waals surface area contributed by atoms with Gasteiger partial charge in [-0.2, -0.15) is 0 Å². The first-order valence-corrected chi connectivity index (χ1v) is 9.19. The third-order valence-electron chi connectivity index (χ3n) is 3.22. The number of sulfonamides is 1. The smallest absolute Gasteiger partial charge is 0.207 e. The largest absolute Gasteiger partial charge is 0.240 e. The first-order chi connectivity index (χ1) is 10.4. The second-order valence-corrected chi connectivity index (χ2v) is 7.55. The van der Waals surface area contributed by atoms with E-state index in [1.165, 1.54) is 0 Å². The number of hydrogen-bond donors (Lipinski definition) is 1. The maximum absolute atomic E-state index is 12.3. The molecule has 0 atom stereocenters. The molecule has 0 bridgehead atoms. The number of benzene rings is 2. The van der Waals surface area contributed by atoms with Gasteiger partial charge < -0.3 is 0 Å². The summed E-state index contributed by atoms with van der Waals surface area (Å²) in [6.07, 6.45) is 1.97. The Morgan fingerprint density at radius 1 is 0.955 bits per heavy atom. The molecule has 0 spiro atoms. The molecule has 0 unspecified atom stereocenters. The third kappa shape index (κ3) is 4.46. The van der Waals surface area contributed by atoms with Gasteiger partial charge in [0.1, 0.15) is 0 Å². The molecular weight excluding hydrogens is 341 g/mol. The van der Waals surface area contributed by atoms with Crippen LogP contribution >= 0.6 is 23.2 Å². The van der Waals surface area contributed by atoms with E-state index in [1.807, 2.05) is 12.1 Å². The van der Waals surface area contributed by atoms with Gasteiger partial charge in [-0.1, -0.05) is 54.7 Å². The summed E-state index contributed by atoms with van der Waals surface area (Å²) >= 11 is 11.8. The van der Waals surface area contributed by atoms with Gasteiger partial charge >= 0.3 is 0 Å². The fourth-order valence-electron chi connectivity index (χ4n) is 2.04. The molecule has 22 heavy (non-hydrogen) atoms. The first-order valence-electron chi connectivity index (χ1n) is 6.95. The summed E-state index contributed by atoms with van der Waals surface area (Å²) in [5.74, 6) is 0. The highest BCUT2D eigenvalue weighted by atomic mass is 35.5. The highest BCUT2D eigenvalue weighted by Crippen LogP contribution is 2.22. The zero-order valence-corrected chi connectivity index (χ0v) is 14.5. The maximum atomic E-state index is 12.3. The molecule has 0 amide bonds. The molecule has 2 aromatic rings. The fraction of sp³-hybridized carbons (Fsp3) is 0.250. The Morgan fingerprint density at radius 2 is 1.59 bits per heavy atom. The van der Waals surface area contributed by atoms with Crippen LogP contribution < -0.4 is 4.72 Å². The lowest BCUT2D eigenvalue weighted by Crippen LogP contribution is -2.23. The van der Waals surface area contributed by atoms with Crippen molar-refractivity contribution in [2.75, 3.05) is 0 Å². The first kappa shape index (κ1) is 17.3. The Labute approximate surface area is 141 Å². The van der Waals surface area contributed by atoms with Crippen LogP contribution in [-0.2, 0) is 23.0 Å². The van der Waals surface area contributed by atoms with E-state index in [0.29, 0.717) is 10.0 Å². The zero-order chi connectivity index (χ0) is 16.2. The van der Waals surface area contributed by atoms with Gasteiger partial charge in [-0.3, -0.25) is 0 Å². The number of hydrogen-bond acceptors (Lipinski definition) is 2. The molecule has 0 heterocycles. The lowest BCUT2D eigenvalue weighted by molar-refractivity contribution is 0.581. The van der Waals surface area contributed by atoms with Gasteiger partial charge in [-0.25, -0.2) is 13.1 Å². The van der Waals surface area contributed by atoms with Crippen molar-refractivity contribution < 1.29 is 8.42 Å². The Hall–Kier alpha value is -1.07. The lowest BCUT2D eigenvalue weighted by atomic mass is 10.1. The van der Waals surface area contributed by atoms with Crippen LogP contribution in [0.3, 0.4) is 0 Å². The number of nitrogens with one attached hydrogen (secondary N) is 1. The van der Waals surface area contributed by atoms with E-state index >= 15 is 0 Å². The maximum Gasteiger partial charge on any atom is 0.240 e. The van der Waals surface area contributed by atoms with E-state index in [1.54, 1.807) is 30.3 Å². The van der Waals surface area contributed by atoms with E-state index < -0.39 is 10.0 Å². The Morgan fingerprint density at radius 3 is 2.18 bits per heavy atom. The van der Waals surface area contributed by atoms with E-state index in [-0.39, 0.29) is 11.4 Å².